The molecule has 3 aromatic rings. The number of nitrogens with zero attached hydrogens (tertiary/aromatic N) is 1. The molecule has 11 heteroatoms. The van der Waals surface area contributed by atoms with Gasteiger partial charge in [0.1, 0.15) is 23.3 Å². The smallest absolute Gasteiger partial charge is 0.405 e. The molecular weight excluding hydrogens is 686 g/mol. The number of allylic oxidation sites excluding steroid dienone is 2. The van der Waals surface area contributed by atoms with Crippen LogP contribution in [-0.4, -0.2) is 72.2 Å². The summed E-state index contributed by atoms with van der Waals surface area (Å²) in [5.74, 6) is -1.69. The number of phenolic OH excluding ortho intramolecular Hbond substituents is 2. The fraction of sp³-hybridized carbons (Fsp3) is 0.372. The number of anilines is 1. The number of ether oxygens (including phenoxy) is 3. The van der Waals surface area contributed by atoms with Gasteiger partial charge in [-0.05, 0) is 56.2 Å². The minimum absolute atomic E-state index is 0.00337. The summed E-state index contributed by atoms with van der Waals surface area (Å²) in [6.45, 7) is 9.15. The zero-order chi connectivity index (χ0) is 39.6. The fourth-order valence-corrected chi connectivity index (χ4v) is 6.82. The van der Waals surface area contributed by atoms with Gasteiger partial charge in [0, 0.05) is 43.6 Å². The number of aliphatic imine (C=N–C) groups is 1. The van der Waals surface area contributed by atoms with E-state index in [0.29, 0.717) is 17.6 Å². The summed E-state index contributed by atoms with van der Waals surface area (Å²) in [5.41, 5.74) is 7.99. The zero-order valence-corrected chi connectivity index (χ0v) is 32.0. The summed E-state index contributed by atoms with van der Waals surface area (Å²) in [6.07, 6.45) is 4.52. The van der Waals surface area contributed by atoms with E-state index in [1.54, 1.807) is 38.3 Å². The number of nitrogens with one attached hydrogen (secondary N) is 1. The number of benzene rings is 3. The van der Waals surface area contributed by atoms with Crippen LogP contribution in [0.1, 0.15) is 57.7 Å². The van der Waals surface area contributed by atoms with E-state index in [1.807, 2.05) is 81.4 Å². The topological polar surface area (TPSA) is 173 Å². The number of carbonyl (C=O) groups excluding carboxylic acids is 2. The van der Waals surface area contributed by atoms with Crippen LogP contribution in [0.3, 0.4) is 0 Å². The fourth-order valence-electron chi connectivity index (χ4n) is 6.82. The quantitative estimate of drug-likeness (QED) is 0.0729. The maximum Gasteiger partial charge on any atom is 0.405 e. The molecule has 1 aliphatic heterocycles. The number of hydrogen-bond acceptors (Lipinski definition) is 9. The van der Waals surface area contributed by atoms with Gasteiger partial charge < -0.3 is 40.6 Å². The van der Waals surface area contributed by atoms with Crippen molar-refractivity contribution in [1.29, 1.82) is 0 Å². The number of primary amides is 1. The number of rotatable bonds is 7. The molecule has 2 amide bonds. The number of aliphatic hydroxyl groups excluding tert-OH is 1. The Hall–Kier alpha value is -5.23. The van der Waals surface area contributed by atoms with Crippen LogP contribution in [0.25, 0.3) is 0 Å². The Balaban J connectivity index is 1.85. The van der Waals surface area contributed by atoms with E-state index in [0.717, 1.165) is 11.1 Å². The van der Waals surface area contributed by atoms with Crippen molar-refractivity contribution in [1.82, 2.24) is 0 Å². The lowest BCUT2D eigenvalue weighted by Crippen LogP contribution is -2.37. The first-order chi connectivity index (χ1) is 25.7. The van der Waals surface area contributed by atoms with Crippen molar-refractivity contribution in [3.63, 3.8) is 0 Å². The molecule has 0 radical (unpaired) electrons. The highest BCUT2D eigenvalue weighted by molar-refractivity contribution is 6.05. The number of methoxy groups -OCH3 is 2. The lowest BCUT2D eigenvalue weighted by atomic mass is 9.77. The third-order valence-corrected chi connectivity index (χ3v) is 10.0. The van der Waals surface area contributed by atoms with Crippen molar-refractivity contribution in [3.05, 3.63) is 119 Å². The van der Waals surface area contributed by atoms with Crippen molar-refractivity contribution in [2.24, 2.45) is 22.6 Å². The van der Waals surface area contributed by atoms with Crippen LogP contribution in [0.4, 0.5) is 16.2 Å². The second-order valence-electron chi connectivity index (χ2n) is 14.1. The van der Waals surface area contributed by atoms with Crippen LogP contribution in [0, 0.1) is 11.8 Å². The van der Waals surface area contributed by atoms with E-state index in [9.17, 15) is 24.9 Å². The summed E-state index contributed by atoms with van der Waals surface area (Å²) in [6, 6.07) is 21.0. The van der Waals surface area contributed by atoms with Gasteiger partial charge in [-0.1, -0.05) is 98.8 Å². The monoisotopic (exact) mass is 739 g/mol. The van der Waals surface area contributed by atoms with Gasteiger partial charge in [0.25, 0.3) is 5.91 Å². The van der Waals surface area contributed by atoms with Gasteiger partial charge in [-0.2, -0.15) is 0 Å². The Kier molecular flexibility index (Phi) is 14.4. The molecule has 4 rings (SSSR count). The molecule has 54 heavy (non-hydrogen) atoms. The minimum Gasteiger partial charge on any atom is -0.506 e. The number of nitrogens with two attached hydrogens (primary N) is 1. The van der Waals surface area contributed by atoms with E-state index in [2.05, 4.69) is 5.32 Å². The summed E-state index contributed by atoms with van der Waals surface area (Å²) >= 11 is 0. The molecule has 288 valence electrons. The van der Waals surface area contributed by atoms with Gasteiger partial charge >= 0.3 is 6.09 Å². The Bertz CT molecular complexity index is 1830. The number of carbonyl (C=O) groups is 2. The van der Waals surface area contributed by atoms with Crippen molar-refractivity contribution < 1.29 is 39.1 Å². The van der Waals surface area contributed by atoms with E-state index >= 15 is 0 Å². The molecule has 0 saturated heterocycles. The van der Waals surface area contributed by atoms with Crippen LogP contribution in [0.15, 0.2) is 107 Å². The van der Waals surface area contributed by atoms with Gasteiger partial charge in [0.05, 0.1) is 23.3 Å². The van der Waals surface area contributed by atoms with Gasteiger partial charge in [-0.15, -0.1) is 0 Å². The maximum absolute atomic E-state index is 13.4. The Morgan fingerprint density at radius 2 is 1.61 bits per heavy atom. The van der Waals surface area contributed by atoms with Crippen LogP contribution in [0.5, 0.6) is 11.5 Å². The normalized spacial score (nSPS) is 24.3. The third-order valence-electron chi connectivity index (χ3n) is 10.0. The van der Waals surface area contributed by atoms with Gasteiger partial charge in [-0.25, -0.2) is 4.79 Å². The van der Waals surface area contributed by atoms with E-state index in [-0.39, 0.29) is 40.8 Å². The van der Waals surface area contributed by atoms with Crippen LogP contribution < -0.4 is 11.1 Å². The van der Waals surface area contributed by atoms with E-state index in [4.69, 9.17) is 24.9 Å². The number of amides is 2. The maximum atomic E-state index is 13.4. The zero-order valence-electron chi connectivity index (χ0n) is 32.0. The Morgan fingerprint density at radius 1 is 1.00 bits per heavy atom. The molecule has 6 unspecified atom stereocenters. The second-order valence-corrected chi connectivity index (χ2v) is 14.1. The molecular formula is C43H53N3O8. The summed E-state index contributed by atoms with van der Waals surface area (Å²) in [4.78, 5) is 30.2. The highest BCUT2D eigenvalue weighted by atomic mass is 16.6. The molecule has 11 nitrogen and oxygen atoms in total. The van der Waals surface area contributed by atoms with Gasteiger partial charge in [0.2, 0.25) is 0 Å². The molecule has 6 atom stereocenters. The second kappa shape index (κ2) is 18.7. The largest absolute Gasteiger partial charge is 0.506 e. The predicted octanol–water partition coefficient (Wildman–Crippen LogP) is 7.27. The van der Waals surface area contributed by atoms with Crippen LogP contribution in [0.2, 0.25) is 0 Å². The molecule has 0 aromatic heterocycles. The molecule has 0 fully saturated rings. The molecule has 0 spiro atoms. The number of aliphatic hydroxyl groups is 1. The number of phenols is 2. The van der Waals surface area contributed by atoms with E-state index in [1.165, 1.54) is 26.4 Å². The minimum atomic E-state index is -0.997. The summed E-state index contributed by atoms with van der Waals surface area (Å²) in [7, 11) is 2.96. The van der Waals surface area contributed by atoms with E-state index < -0.39 is 47.7 Å². The average Bonchev–Trinajstić information content (AvgIpc) is 3.16. The molecule has 1 aliphatic rings. The van der Waals surface area contributed by atoms with Crippen molar-refractivity contribution in [2.75, 3.05) is 19.5 Å². The number of aromatic hydroxyl groups is 2. The SMILES string of the molecule is COC1C=C/C=C(\C)C(=O)Nc2cc(O)c(N=CC(C)(c3ccccc3)c3ccccc3)c(c2O)CC(C)CC(OC)C(O)C(C)C=C(C)C1OC(N)=O. The Labute approximate surface area is 317 Å². The molecule has 0 aliphatic carbocycles. The molecule has 2 bridgehead atoms. The van der Waals surface area contributed by atoms with Crippen molar-refractivity contribution in [3.8, 4) is 11.5 Å². The first kappa shape index (κ1) is 41.5. The third kappa shape index (κ3) is 10.0. The van der Waals surface area contributed by atoms with Crippen molar-refractivity contribution >= 4 is 29.6 Å². The first-order valence-corrected chi connectivity index (χ1v) is 18.0. The standard InChI is InChI=1S/C43H53N3O8/c1-26-21-32-37(45-25-43(5,30-16-10-8-11-17-30)31-18-12-9-13-19-31)34(47)24-33(39(32)49)46-41(50)27(2)15-14-20-35(52-6)40(54-42(44)51)29(4)23-28(3)38(48)36(22-26)53-7/h8-20,23-26,28,35-36,38,40,47-49H,21-22H2,1-7H3,(H2,44,51)(H,46,50)/b20-14?,27-15+,29-23?,45-25?. The highest BCUT2D eigenvalue weighted by Gasteiger charge is 2.31. The van der Waals surface area contributed by atoms with Gasteiger partial charge in [-0.3, -0.25) is 9.79 Å². The molecule has 3 aromatic carbocycles. The van der Waals surface area contributed by atoms with Gasteiger partial charge in [0.15, 0.2) is 6.10 Å². The lowest BCUT2D eigenvalue weighted by Gasteiger charge is -2.29. The number of fused-ring (bicyclic) bond motifs is 2. The lowest BCUT2D eigenvalue weighted by molar-refractivity contribution is -0.112. The Morgan fingerprint density at radius 3 is 2.17 bits per heavy atom. The average molecular weight is 740 g/mol. The van der Waals surface area contributed by atoms with Crippen molar-refractivity contribution in [2.45, 2.75) is 77.3 Å². The molecule has 6 N–H and O–H groups in total. The number of hydrogen-bond donors (Lipinski definition) is 5. The molecule has 1 heterocycles. The van der Waals surface area contributed by atoms with Crippen LogP contribution >= 0.6 is 0 Å². The summed E-state index contributed by atoms with van der Waals surface area (Å²) < 4.78 is 16.9. The predicted molar refractivity (Wildman–Crippen MR) is 211 cm³/mol. The van der Waals surface area contributed by atoms with Crippen LogP contribution in [-0.2, 0) is 30.8 Å². The summed E-state index contributed by atoms with van der Waals surface area (Å²) in [5, 5.41) is 37.6. The highest BCUT2D eigenvalue weighted by Crippen LogP contribution is 2.45. The first-order valence-electron chi connectivity index (χ1n) is 18.0. The molecule has 0 saturated carbocycles.